The van der Waals surface area contributed by atoms with E-state index in [-0.39, 0.29) is 25.5 Å². The summed E-state index contributed by atoms with van der Waals surface area (Å²) in [6.45, 7) is -0.0510. The molecule has 1 atom stereocenters. The fraction of sp³-hybridized carbons (Fsp3) is 0.385. The van der Waals surface area contributed by atoms with Crippen molar-refractivity contribution in [3.05, 3.63) is 30.1 Å². The van der Waals surface area contributed by atoms with E-state index in [0.29, 0.717) is 5.75 Å². The van der Waals surface area contributed by atoms with Crippen LogP contribution in [-0.2, 0) is 14.3 Å². The molecule has 2 N–H and O–H groups in total. The third-order valence-corrected chi connectivity index (χ3v) is 2.44. The number of hydrogen-bond donors (Lipinski definition) is 2. The summed E-state index contributed by atoms with van der Waals surface area (Å²) in [7, 11) is 1.25. The molecule has 20 heavy (non-hydrogen) atoms. The summed E-state index contributed by atoms with van der Waals surface area (Å²) >= 11 is 0. The monoisotopic (exact) mass is 285 g/mol. The predicted octanol–water partition coefficient (Wildman–Crippen LogP) is 0.810. The summed E-state index contributed by atoms with van der Waals surface area (Å²) < 4.78 is 22.7. The maximum absolute atomic E-state index is 12.8. The van der Waals surface area contributed by atoms with Crippen LogP contribution in [0.4, 0.5) is 4.39 Å². The van der Waals surface area contributed by atoms with Crippen LogP contribution in [0.1, 0.15) is 6.42 Å². The van der Waals surface area contributed by atoms with Gasteiger partial charge in [0.1, 0.15) is 11.6 Å². The van der Waals surface area contributed by atoms with Crippen molar-refractivity contribution in [2.75, 3.05) is 20.3 Å². The molecule has 0 saturated carbocycles. The number of ether oxygens (including phenoxy) is 2. The SMILES string of the molecule is COC(CNC(=O)CCOc1cccc(F)c1)C(=O)O. The molecule has 1 aromatic carbocycles. The van der Waals surface area contributed by atoms with Crippen molar-refractivity contribution >= 4 is 11.9 Å². The highest BCUT2D eigenvalue weighted by Crippen LogP contribution is 2.11. The average molecular weight is 285 g/mol. The summed E-state index contributed by atoms with van der Waals surface area (Å²) in [5.74, 6) is -1.61. The van der Waals surface area contributed by atoms with Crippen LogP contribution < -0.4 is 10.1 Å². The topological polar surface area (TPSA) is 84.9 Å². The Kier molecular flexibility index (Phi) is 6.45. The molecule has 0 spiro atoms. The van der Waals surface area contributed by atoms with E-state index in [0.717, 1.165) is 0 Å². The molecule has 6 nitrogen and oxygen atoms in total. The highest BCUT2D eigenvalue weighted by molar-refractivity contribution is 5.78. The zero-order valence-corrected chi connectivity index (χ0v) is 11.0. The van der Waals surface area contributed by atoms with E-state index in [1.165, 1.54) is 25.3 Å². The van der Waals surface area contributed by atoms with Crippen molar-refractivity contribution in [2.24, 2.45) is 0 Å². The number of rotatable bonds is 8. The molecule has 1 unspecified atom stereocenters. The molecule has 7 heteroatoms. The molecule has 0 aliphatic rings. The third kappa shape index (κ3) is 5.66. The molecule has 0 bridgehead atoms. The van der Waals surface area contributed by atoms with Crippen LogP contribution in [0.25, 0.3) is 0 Å². The van der Waals surface area contributed by atoms with Crippen LogP contribution in [0.2, 0.25) is 0 Å². The molecule has 1 amide bonds. The number of carbonyl (C=O) groups excluding carboxylic acids is 1. The van der Waals surface area contributed by atoms with E-state index in [1.807, 2.05) is 0 Å². The smallest absolute Gasteiger partial charge is 0.334 e. The second-order valence-electron chi connectivity index (χ2n) is 3.92. The van der Waals surface area contributed by atoms with Crippen molar-refractivity contribution in [1.29, 1.82) is 0 Å². The van der Waals surface area contributed by atoms with Gasteiger partial charge in [0.2, 0.25) is 5.91 Å². The van der Waals surface area contributed by atoms with Crippen molar-refractivity contribution < 1.29 is 28.6 Å². The van der Waals surface area contributed by atoms with Gasteiger partial charge in [-0.25, -0.2) is 9.18 Å². The highest BCUT2D eigenvalue weighted by atomic mass is 19.1. The third-order valence-electron chi connectivity index (χ3n) is 2.44. The number of carboxylic acid groups (broad SMARTS) is 1. The Hall–Kier alpha value is -2.15. The Morgan fingerprint density at radius 1 is 1.45 bits per heavy atom. The Morgan fingerprint density at radius 2 is 2.20 bits per heavy atom. The van der Waals surface area contributed by atoms with Gasteiger partial charge in [0.05, 0.1) is 19.6 Å². The molecule has 0 radical (unpaired) electrons. The van der Waals surface area contributed by atoms with E-state index in [2.05, 4.69) is 10.1 Å². The minimum absolute atomic E-state index is 0.0343. The lowest BCUT2D eigenvalue weighted by Crippen LogP contribution is -2.38. The maximum Gasteiger partial charge on any atom is 0.334 e. The van der Waals surface area contributed by atoms with Crippen LogP contribution in [0.15, 0.2) is 24.3 Å². The molecule has 0 fully saturated rings. The summed E-state index contributed by atoms with van der Waals surface area (Å²) in [5.41, 5.74) is 0. The van der Waals surface area contributed by atoms with Gasteiger partial charge < -0.3 is 19.9 Å². The molecule has 0 aliphatic heterocycles. The van der Waals surface area contributed by atoms with E-state index in [1.54, 1.807) is 6.07 Å². The lowest BCUT2D eigenvalue weighted by atomic mass is 10.3. The lowest BCUT2D eigenvalue weighted by molar-refractivity contribution is -0.148. The van der Waals surface area contributed by atoms with Gasteiger partial charge in [-0.15, -0.1) is 0 Å². The second-order valence-corrected chi connectivity index (χ2v) is 3.92. The first-order chi connectivity index (χ1) is 9.52. The van der Waals surface area contributed by atoms with Gasteiger partial charge in [0.25, 0.3) is 0 Å². The predicted molar refractivity (Wildman–Crippen MR) is 68.0 cm³/mol. The molecule has 0 aliphatic carbocycles. The zero-order chi connectivity index (χ0) is 15.0. The van der Waals surface area contributed by atoms with Gasteiger partial charge in [-0.05, 0) is 12.1 Å². The number of nitrogens with one attached hydrogen (secondary N) is 1. The fourth-order valence-electron chi connectivity index (χ4n) is 1.38. The number of carboxylic acids is 1. The van der Waals surface area contributed by atoms with Crippen molar-refractivity contribution in [3.8, 4) is 5.75 Å². The molecular weight excluding hydrogens is 269 g/mol. The van der Waals surface area contributed by atoms with Gasteiger partial charge in [0, 0.05) is 13.2 Å². The van der Waals surface area contributed by atoms with Gasteiger partial charge in [0.15, 0.2) is 6.10 Å². The first kappa shape index (κ1) is 15.9. The number of methoxy groups -OCH3 is 1. The molecule has 0 aromatic heterocycles. The standard InChI is InChI=1S/C13H16FNO5/c1-19-11(13(17)18)8-15-12(16)5-6-20-10-4-2-3-9(14)7-10/h2-4,7,11H,5-6,8H2,1H3,(H,15,16)(H,17,18). The summed E-state index contributed by atoms with van der Waals surface area (Å²) in [4.78, 5) is 22.1. The van der Waals surface area contributed by atoms with Crippen LogP contribution >= 0.6 is 0 Å². The van der Waals surface area contributed by atoms with Crippen LogP contribution in [0, 0.1) is 5.82 Å². The summed E-state index contributed by atoms with van der Waals surface area (Å²) in [5, 5.41) is 11.1. The minimum Gasteiger partial charge on any atom is -0.493 e. The van der Waals surface area contributed by atoms with Crippen LogP contribution in [0.5, 0.6) is 5.75 Å². The van der Waals surface area contributed by atoms with Gasteiger partial charge in [-0.1, -0.05) is 6.07 Å². The van der Waals surface area contributed by atoms with Crippen molar-refractivity contribution in [3.63, 3.8) is 0 Å². The quantitative estimate of drug-likeness (QED) is 0.738. The Morgan fingerprint density at radius 3 is 2.80 bits per heavy atom. The van der Waals surface area contributed by atoms with Crippen molar-refractivity contribution in [2.45, 2.75) is 12.5 Å². The fourth-order valence-corrected chi connectivity index (χ4v) is 1.38. The number of aliphatic carboxylic acids is 1. The van der Waals surface area contributed by atoms with Gasteiger partial charge in [-0.3, -0.25) is 4.79 Å². The maximum atomic E-state index is 12.8. The normalized spacial score (nSPS) is 11.7. The highest BCUT2D eigenvalue weighted by Gasteiger charge is 2.16. The van der Waals surface area contributed by atoms with E-state index >= 15 is 0 Å². The summed E-state index contributed by atoms with van der Waals surface area (Å²) in [6.07, 6.45) is -1.05. The molecule has 1 rings (SSSR count). The van der Waals surface area contributed by atoms with Crippen LogP contribution in [-0.4, -0.2) is 43.3 Å². The number of halogens is 1. The second kappa shape index (κ2) is 8.11. The zero-order valence-electron chi connectivity index (χ0n) is 11.0. The first-order valence-corrected chi connectivity index (χ1v) is 5.93. The number of hydrogen-bond acceptors (Lipinski definition) is 4. The number of benzene rings is 1. The minimum atomic E-state index is -1.15. The number of amides is 1. The Balaban J connectivity index is 2.25. The summed E-state index contributed by atoms with van der Waals surface area (Å²) in [6, 6.07) is 5.58. The van der Waals surface area contributed by atoms with E-state index in [9.17, 15) is 14.0 Å². The largest absolute Gasteiger partial charge is 0.493 e. The van der Waals surface area contributed by atoms with E-state index < -0.39 is 17.9 Å². The van der Waals surface area contributed by atoms with Crippen molar-refractivity contribution in [1.82, 2.24) is 5.32 Å². The van der Waals surface area contributed by atoms with Gasteiger partial charge in [-0.2, -0.15) is 0 Å². The average Bonchev–Trinajstić information content (AvgIpc) is 2.39. The number of carbonyl (C=O) groups is 2. The molecular formula is C13H16FNO5. The van der Waals surface area contributed by atoms with Crippen LogP contribution in [0.3, 0.4) is 0 Å². The van der Waals surface area contributed by atoms with E-state index in [4.69, 9.17) is 9.84 Å². The lowest BCUT2D eigenvalue weighted by Gasteiger charge is -2.11. The Labute approximate surface area is 115 Å². The molecule has 0 heterocycles. The molecule has 1 aromatic rings. The molecule has 110 valence electrons. The first-order valence-electron chi connectivity index (χ1n) is 5.93. The Bertz CT molecular complexity index is 466. The van der Waals surface area contributed by atoms with Gasteiger partial charge >= 0.3 is 5.97 Å². The molecule has 0 saturated heterocycles.